The third-order valence-corrected chi connectivity index (χ3v) is 5.53. The van der Waals surface area contributed by atoms with Gasteiger partial charge in [0.25, 0.3) is 0 Å². The van der Waals surface area contributed by atoms with Crippen molar-refractivity contribution in [3.63, 3.8) is 0 Å². The average Bonchev–Trinajstić information content (AvgIpc) is 2.91. The van der Waals surface area contributed by atoms with Crippen molar-refractivity contribution >= 4 is 11.8 Å². The van der Waals surface area contributed by atoms with Crippen LogP contribution in [0.1, 0.15) is 72.1 Å². The second kappa shape index (κ2) is 14.6. The van der Waals surface area contributed by atoms with Gasteiger partial charge < -0.3 is 24.6 Å². The van der Waals surface area contributed by atoms with Crippen LogP contribution in [0.25, 0.3) is 0 Å². The topological polar surface area (TPSA) is 97.7 Å². The summed E-state index contributed by atoms with van der Waals surface area (Å²) in [6.45, 7) is 6.18. The summed E-state index contributed by atoms with van der Waals surface area (Å²) in [7, 11) is 8.50. The molecule has 0 heterocycles. The van der Waals surface area contributed by atoms with Crippen LogP contribution in [-0.2, 0) is 9.59 Å². The van der Waals surface area contributed by atoms with Gasteiger partial charge in [0.2, 0.25) is 0 Å². The highest BCUT2D eigenvalue weighted by Gasteiger charge is 2.39. The standard InChI is InChI=1S/C22H36O5.C4H12N/c1-4-5-14-22(2,3)20(25)13-12-17-16(18(23)15-19(17)24)10-8-6-7-9-11-21(26)27;1-5(2,3)4/h6,8,12-13,16-17,19-20,24-25H,4-5,7,9-11,14-15H2,1-3H3,(H,26,27);1-4H3/q;+1/p-1/b8-6-,13-12+;/t16-,17-,19-,20?;/m1./s1. The van der Waals surface area contributed by atoms with Gasteiger partial charge in [-0.3, -0.25) is 4.79 Å². The first-order valence-corrected chi connectivity index (χ1v) is 11.9. The van der Waals surface area contributed by atoms with Gasteiger partial charge in [0, 0.05) is 24.2 Å². The van der Waals surface area contributed by atoms with Crippen molar-refractivity contribution in [3.8, 4) is 0 Å². The zero-order valence-corrected chi connectivity index (χ0v) is 21.3. The van der Waals surface area contributed by atoms with Crippen LogP contribution in [0.15, 0.2) is 24.3 Å². The molecule has 6 nitrogen and oxygen atoms in total. The molecule has 186 valence electrons. The van der Waals surface area contributed by atoms with E-state index in [0.717, 1.165) is 23.7 Å². The van der Waals surface area contributed by atoms with Crippen LogP contribution < -0.4 is 5.11 Å². The van der Waals surface area contributed by atoms with Crippen molar-refractivity contribution in [2.45, 2.75) is 84.3 Å². The van der Waals surface area contributed by atoms with Crippen LogP contribution in [0.2, 0.25) is 0 Å². The molecular weight excluding hydrogens is 406 g/mol. The Bertz CT molecular complexity index is 612. The molecule has 1 aliphatic rings. The first-order chi connectivity index (χ1) is 14.7. The number of quaternary nitrogens is 1. The molecule has 0 radical (unpaired) electrons. The third-order valence-electron chi connectivity index (χ3n) is 5.53. The van der Waals surface area contributed by atoms with Crippen LogP contribution in [0, 0.1) is 17.3 Å². The van der Waals surface area contributed by atoms with Gasteiger partial charge >= 0.3 is 0 Å². The van der Waals surface area contributed by atoms with Gasteiger partial charge in [0.15, 0.2) is 0 Å². The van der Waals surface area contributed by atoms with Crippen LogP contribution in [-0.4, -0.2) is 66.8 Å². The van der Waals surface area contributed by atoms with Crippen LogP contribution in [0.5, 0.6) is 0 Å². The fraction of sp³-hybridized carbons (Fsp3) is 0.769. The molecule has 0 aromatic rings. The molecule has 1 unspecified atom stereocenters. The molecule has 0 bridgehead atoms. The number of carboxylic acids is 1. The molecule has 0 saturated heterocycles. The predicted molar refractivity (Wildman–Crippen MR) is 128 cm³/mol. The van der Waals surface area contributed by atoms with Gasteiger partial charge in [-0.15, -0.1) is 0 Å². The number of aliphatic hydroxyl groups excluding tert-OH is 2. The molecule has 0 aromatic heterocycles. The molecule has 1 aliphatic carbocycles. The molecule has 1 saturated carbocycles. The maximum Gasteiger partial charge on any atom is 0.139 e. The lowest BCUT2D eigenvalue weighted by Gasteiger charge is -2.29. The highest BCUT2D eigenvalue weighted by atomic mass is 16.4. The summed E-state index contributed by atoms with van der Waals surface area (Å²) in [4.78, 5) is 22.6. The van der Waals surface area contributed by atoms with Crippen molar-refractivity contribution in [2.75, 3.05) is 28.2 Å². The number of carbonyl (C=O) groups excluding carboxylic acids is 2. The number of hydrogen-bond acceptors (Lipinski definition) is 5. The summed E-state index contributed by atoms with van der Waals surface area (Å²) in [5.74, 6) is -1.60. The van der Waals surface area contributed by atoms with Gasteiger partial charge in [0.05, 0.1) is 40.4 Å². The molecule has 0 aliphatic heterocycles. The van der Waals surface area contributed by atoms with Crippen molar-refractivity contribution < 1.29 is 29.4 Å². The van der Waals surface area contributed by atoms with Gasteiger partial charge in [-0.1, -0.05) is 57.9 Å². The minimum Gasteiger partial charge on any atom is -0.550 e. The summed E-state index contributed by atoms with van der Waals surface area (Å²) in [5, 5.41) is 31.1. The van der Waals surface area contributed by atoms with Crippen molar-refractivity contribution in [1.82, 2.24) is 0 Å². The Hall–Kier alpha value is -1.50. The van der Waals surface area contributed by atoms with E-state index in [0.29, 0.717) is 19.3 Å². The lowest BCUT2D eigenvalue weighted by Crippen LogP contribution is -2.28. The molecule has 1 fully saturated rings. The summed E-state index contributed by atoms with van der Waals surface area (Å²) < 4.78 is 1.00. The van der Waals surface area contributed by atoms with E-state index in [9.17, 15) is 24.9 Å². The predicted octanol–water partition coefficient (Wildman–Crippen LogP) is 2.87. The zero-order valence-electron chi connectivity index (χ0n) is 21.3. The average molecular weight is 454 g/mol. The van der Waals surface area contributed by atoms with Crippen molar-refractivity contribution in [1.29, 1.82) is 0 Å². The molecule has 32 heavy (non-hydrogen) atoms. The number of nitrogens with zero attached hydrogens (tertiary/aromatic N) is 1. The van der Waals surface area contributed by atoms with Gasteiger partial charge in [-0.25, -0.2) is 0 Å². The smallest absolute Gasteiger partial charge is 0.139 e. The fourth-order valence-corrected chi connectivity index (χ4v) is 3.53. The number of allylic oxidation sites excluding steroid dienone is 2. The van der Waals surface area contributed by atoms with Crippen LogP contribution in [0.3, 0.4) is 0 Å². The maximum absolute atomic E-state index is 12.2. The molecule has 0 spiro atoms. The van der Waals surface area contributed by atoms with E-state index in [4.69, 9.17) is 0 Å². The largest absolute Gasteiger partial charge is 0.550 e. The van der Waals surface area contributed by atoms with E-state index < -0.39 is 18.2 Å². The number of unbranched alkanes of at least 4 members (excludes halogenated alkanes) is 2. The summed E-state index contributed by atoms with van der Waals surface area (Å²) in [5.41, 5.74) is -0.242. The Morgan fingerprint density at radius 3 is 2.34 bits per heavy atom. The normalized spacial score (nSPS) is 22.9. The molecule has 0 aromatic carbocycles. The second-order valence-electron chi connectivity index (χ2n) is 11.0. The number of aliphatic carboxylic acids is 1. The molecule has 6 heteroatoms. The molecule has 1 rings (SSSR count). The minimum absolute atomic E-state index is 0.0302. The maximum atomic E-state index is 12.2. The molecule has 4 atom stereocenters. The van der Waals surface area contributed by atoms with Crippen LogP contribution >= 0.6 is 0 Å². The van der Waals surface area contributed by atoms with E-state index >= 15 is 0 Å². The summed E-state index contributed by atoms with van der Waals surface area (Å²) >= 11 is 0. The molecule has 0 amide bonds. The third kappa shape index (κ3) is 13.8. The number of Topliss-reactive ketones (excluding diaryl/α,β-unsaturated/α-hetero) is 1. The zero-order chi connectivity index (χ0) is 24.9. The monoisotopic (exact) mass is 453 g/mol. The van der Waals surface area contributed by atoms with E-state index in [1.165, 1.54) is 0 Å². The second-order valence-corrected chi connectivity index (χ2v) is 11.0. The van der Waals surface area contributed by atoms with E-state index in [-0.39, 0.29) is 35.9 Å². The van der Waals surface area contributed by atoms with Crippen molar-refractivity contribution in [3.05, 3.63) is 24.3 Å². The Kier molecular flexibility index (Phi) is 13.9. The summed E-state index contributed by atoms with van der Waals surface area (Å²) in [6, 6.07) is 0. The minimum atomic E-state index is -1.05. The Morgan fingerprint density at radius 1 is 1.22 bits per heavy atom. The van der Waals surface area contributed by atoms with E-state index in [1.54, 1.807) is 6.08 Å². The Balaban J connectivity index is 0.00000172. The molecule has 2 N–H and O–H groups in total. The van der Waals surface area contributed by atoms with Crippen molar-refractivity contribution in [2.24, 2.45) is 17.3 Å². The van der Waals surface area contributed by atoms with E-state index in [1.807, 2.05) is 32.1 Å². The first kappa shape index (κ1) is 30.5. The quantitative estimate of drug-likeness (QED) is 0.269. The van der Waals surface area contributed by atoms with E-state index in [2.05, 4.69) is 35.1 Å². The lowest BCUT2D eigenvalue weighted by molar-refractivity contribution is -0.849. The van der Waals surface area contributed by atoms with Gasteiger partial charge in [-0.05, 0) is 37.5 Å². The highest BCUT2D eigenvalue weighted by molar-refractivity contribution is 5.84. The number of rotatable bonds is 12. The Morgan fingerprint density at radius 2 is 1.81 bits per heavy atom. The fourth-order valence-electron chi connectivity index (χ4n) is 3.53. The Labute approximate surface area is 195 Å². The SMILES string of the molecule is CCCCC(C)(C)C(O)/C=C/[C@H]1[C@H](O)CC(=O)[C@@H]1C/C=C\CCCC(=O)[O-].C[N+](C)(C)C. The number of ketones is 1. The lowest BCUT2D eigenvalue weighted by atomic mass is 9.80. The first-order valence-electron chi connectivity index (χ1n) is 11.9. The number of carboxylic acid groups (broad SMARTS) is 1. The van der Waals surface area contributed by atoms with Crippen LogP contribution in [0.4, 0.5) is 0 Å². The number of hydrogen-bond donors (Lipinski definition) is 2. The summed E-state index contributed by atoms with van der Waals surface area (Å²) in [6.07, 6.45) is 10.9. The number of carbonyl (C=O) groups is 2. The molecular formula is C26H47NO5. The highest BCUT2D eigenvalue weighted by Crippen LogP contribution is 2.35. The van der Waals surface area contributed by atoms with Gasteiger partial charge in [-0.2, -0.15) is 0 Å². The van der Waals surface area contributed by atoms with Gasteiger partial charge in [0.1, 0.15) is 5.78 Å². The number of aliphatic hydroxyl groups is 2.